The molecule has 0 aromatic carbocycles. The number of aryl methyl sites for hydroxylation is 1. The molecule has 94 valence electrons. The number of aliphatic carboxylic acids is 1. The second kappa shape index (κ2) is 4.29. The van der Waals surface area contributed by atoms with Crippen molar-refractivity contribution in [2.45, 2.75) is 39.5 Å². The third-order valence-corrected chi connectivity index (χ3v) is 3.87. The van der Waals surface area contributed by atoms with Crippen molar-refractivity contribution < 1.29 is 9.90 Å². The van der Waals surface area contributed by atoms with Crippen molar-refractivity contribution in [2.75, 3.05) is 11.9 Å². The topological polar surface area (TPSA) is 62.2 Å². The SMILES string of the molecule is CC(C)(C)CNc1nc2c(s1)CCC2C(=O)O. The Morgan fingerprint density at radius 1 is 1.59 bits per heavy atom. The van der Waals surface area contributed by atoms with Crippen molar-refractivity contribution in [1.29, 1.82) is 0 Å². The molecule has 1 aliphatic carbocycles. The number of carboxylic acids is 1. The van der Waals surface area contributed by atoms with Gasteiger partial charge in [-0.15, -0.1) is 11.3 Å². The van der Waals surface area contributed by atoms with E-state index in [1.807, 2.05) is 0 Å². The summed E-state index contributed by atoms with van der Waals surface area (Å²) < 4.78 is 0. The zero-order valence-corrected chi connectivity index (χ0v) is 11.2. The maximum absolute atomic E-state index is 11.0. The van der Waals surface area contributed by atoms with E-state index in [-0.39, 0.29) is 5.41 Å². The quantitative estimate of drug-likeness (QED) is 0.870. The van der Waals surface area contributed by atoms with Gasteiger partial charge in [-0.1, -0.05) is 20.8 Å². The van der Waals surface area contributed by atoms with Gasteiger partial charge in [0.15, 0.2) is 5.13 Å². The van der Waals surface area contributed by atoms with Gasteiger partial charge in [0.1, 0.15) is 5.92 Å². The van der Waals surface area contributed by atoms with E-state index in [1.165, 1.54) is 0 Å². The number of fused-ring (bicyclic) bond motifs is 1. The molecule has 0 radical (unpaired) electrons. The molecule has 0 fully saturated rings. The molecule has 0 amide bonds. The van der Waals surface area contributed by atoms with E-state index >= 15 is 0 Å². The summed E-state index contributed by atoms with van der Waals surface area (Å²) in [7, 11) is 0. The van der Waals surface area contributed by atoms with Crippen LogP contribution in [0.15, 0.2) is 0 Å². The van der Waals surface area contributed by atoms with Crippen LogP contribution < -0.4 is 5.32 Å². The van der Waals surface area contributed by atoms with Crippen molar-refractivity contribution >= 4 is 22.4 Å². The number of rotatable bonds is 3. The first kappa shape index (κ1) is 12.4. The first-order valence-corrected chi connectivity index (χ1v) is 6.65. The lowest BCUT2D eigenvalue weighted by atomic mass is 9.97. The summed E-state index contributed by atoms with van der Waals surface area (Å²) in [5.41, 5.74) is 0.974. The average molecular weight is 254 g/mol. The van der Waals surface area contributed by atoms with Crippen LogP contribution >= 0.6 is 11.3 Å². The number of hydrogen-bond donors (Lipinski definition) is 2. The van der Waals surface area contributed by atoms with Gasteiger partial charge in [0.05, 0.1) is 5.69 Å². The largest absolute Gasteiger partial charge is 0.481 e. The summed E-state index contributed by atoms with van der Waals surface area (Å²) in [6.07, 6.45) is 1.55. The predicted octanol–water partition coefficient (Wildman–Crippen LogP) is 2.72. The highest BCUT2D eigenvalue weighted by atomic mass is 32.1. The van der Waals surface area contributed by atoms with Gasteiger partial charge in [-0.25, -0.2) is 4.98 Å². The lowest BCUT2D eigenvalue weighted by molar-refractivity contribution is -0.138. The Balaban J connectivity index is 2.09. The Kier molecular flexibility index (Phi) is 3.12. The molecule has 1 aromatic heterocycles. The van der Waals surface area contributed by atoms with Crippen molar-refractivity contribution in [2.24, 2.45) is 5.41 Å². The number of thiazole rings is 1. The second-order valence-corrected chi connectivity index (χ2v) is 6.75. The van der Waals surface area contributed by atoms with Crippen LogP contribution in [0.2, 0.25) is 0 Å². The molecule has 4 nitrogen and oxygen atoms in total. The number of nitrogens with one attached hydrogen (secondary N) is 1. The smallest absolute Gasteiger partial charge is 0.312 e. The van der Waals surface area contributed by atoms with E-state index in [4.69, 9.17) is 5.11 Å². The van der Waals surface area contributed by atoms with E-state index in [9.17, 15) is 4.79 Å². The fraction of sp³-hybridized carbons (Fsp3) is 0.667. The number of carbonyl (C=O) groups is 1. The molecule has 0 aliphatic heterocycles. The van der Waals surface area contributed by atoms with E-state index in [2.05, 4.69) is 31.1 Å². The Bertz CT molecular complexity index is 434. The number of nitrogens with zero attached hydrogens (tertiary/aromatic N) is 1. The van der Waals surface area contributed by atoms with E-state index in [1.54, 1.807) is 11.3 Å². The average Bonchev–Trinajstić information content (AvgIpc) is 2.70. The summed E-state index contributed by atoms with van der Waals surface area (Å²) in [4.78, 5) is 16.6. The molecule has 2 N–H and O–H groups in total. The molecular weight excluding hydrogens is 236 g/mol. The molecule has 5 heteroatoms. The van der Waals surface area contributed by atoms with Crippen molar-refractivity contribution in [3.05, 3.63) is 10.6 Å². The van der Waals surface area contributed by atoms with Crippen molar-refractivity contribution in [1.82, 2.24) is 4.98 Å². The first-order chi connectivity index (χ1) is 7.87. The Hall–Kier alpha value is -1.10. The molecule has 1 aliphatic rings. The summed E-state index contributed by atoms with van der Waals surface area (Å²) in [6, 6.07) is 0. The molecule has 0 bridgehead atoms. The molecule has 1 aromatic rings. The Morgan fingerprint density at radius 3 is 2.88 bits per heavy atom. The highest BCUT2D eigenvalue weighted by Gasteiger charge is 2.32. The van der Waals surface area contributed by atoms with E-state index in [0.717, 1.165) is 28.7 Å². The molecule has 0 saturated heterocycles. The van der Waals surface area contributed by atoms with Crippen LogP contribution in [0.1, 0.15) is 43.7 Å². The third kappa shape index (κ3) is 2.77. The number of carboxylic acid groups (broad SMARTS) is 1. The van der Waals surface area contributed by atoms with E-state index < -0.39 is 11.9 Å². The van der Waals surface area contributed by atoms with Crippen LogP contribution in [0.5, 0.6) is 0 Å². The Morgan fingerprint density at radius 2 is 2.29 bits per heavy atom. The zero-order chi connectivity index (χ0) is 12.6. The van der Waals surface area contributed by atoms with Gasteiger partial charge in [0, 0.05) is 11.4 Å². The Labute approximate surface area is 105 Å². The summed E-state index contributed by atoms with van der Waals surface area (Å²) in [6.45, 7) is 7.31. The van der Waals surface area contributed by atoms with Crippen LogP contribution in [-0.4, -0.2) is 22.6 Å². The fourth-order valence-electron chi connectivity index (χ4n) is 1.88. The van der Waals surface area contributed by atoms with E-state index in [0.29, 0.717) is 6.42 Å². The lowest BCUT2D eigenvalue weighted by Crippen LogP contribution is -2.19. The van der Waals surface area contributed by atoms with Crippen LogP contribution in [0.3, 0.4) is 0 Å². The molecule has 2 rings (SSSR count). The summed E-state index contributed by atoms with van der Waals surface area (Å²) in [5.74, 6) is -1.15. The molecule has 0 saturated carbocycles. The number of aromatic nitrogens is 1. The zero-order valence-electron chi connectivity index (χ0n) is 10.4. The summed E-state index contributed by atoms with van der Waals surface area (Å²) >= 11 is 1.60. The predicted molar refractivity (Wildman–Crippen MR) is 68.8 cm³/mol. The third-order valence-electron chi connectivity index (χ3n) is 2.79. The number of anilines is 1. The van der Waals surface area contributed by atoms with Crippen molar-refractivity contribution in [3.8, 4) is 0 Å². The van der Waals surface area contributed by atoms with Crippen LogP contribution in [0.25, 0.3) is 0 Å². The minimum absolute atomic E-state index is 0.197. The van der Waals surface area contributed by atoms with Gasteiger partial charge in [0.25, 0.3) is 0 Å². The minimum Gasteiger partial charge on any atom is -0.481 e. The normalized spacial score (nSPS) is 19.1. The van der Waals surface area contributed by atoms with Gasteiger partial charge < -0.3 is 10.4 Å². The van der Waals surface area contributed by atoms with Crippen molar-refractivity contribution in [3.63, 3.8) is 0 Å². The number of hydrogen-bond acceptors (Lipinski definition) is 4. The molecule has 1 heterocycles. The lowest BCUT2D eigenvalue weighted by Gasteiger charge is -2.18. The highest BCUT2D eigenvalue weighted by molar-refractivity contribution is 7.15. The van der Waals surface area contributed by atoms with Gasteiger partial charge in [0.2, 0.25) is 0 Å². The molecule has 17 heavy (non-hydrogen) atoms. The van der Waals surface area contributed by atoms with Crippen LogP contribution in [0.4, 0.5) is 5.13 Å². The maximum Gasteiger partial charge on any atom is 0.312 e. The first-order valence-electron chi connectivity index (χ1n) is 5.83. The standard InChI is InChI=1S/C12H18N2O2S/c1-12(2,3)6-13-11-14-9-7(10(15)16)4-5-8(9)17-11/h7H,4-6H2,1-3H3,(H,13,14)(H,15,16). The minimum atomic E-state index is -0.753. The second-order valence-electron chi connectivity index (χ2n) is 5.67. The van der Waals surface area contributed by atoms with Crippen LogP contribution in [0, 0.1) is 5.41 Å². The van der Waals surface area contributed by atoms with Gasteiger partial charge in [-0.3, -0.25) is 4.79 Å². The van der Waals surface area contributed by atoms with Gasteiger partial charge >= 0.3 is 5.97 Å². The van der Waals surface area contributed by atoms with Gasteiger partial charge in [-0.05, 0) is 18.3 Å². The molecule has 1 unspecified atom stereocenters. The monoisotopic (exact) mass is 254 g/mol. The summed E-state index contributed by atoms with van der Waals surface area (Å²) in [5, 5.41) is 13.2. The molecule has 0 spiro atoms. The maximum atomic E-state index is 11.0. The fourth-order valence-corrected chi connectivity index (χ4v) is 2.92. The van der Waals surface area contributed by atoms with Crippen LogP contribution in [-0.2, 0) is 11.2 Å². The van der Waals surface area contributed by atoms with Gasteiger partial charge in [-0.2, -0.15) is 0 Å². The molecular formula is C12H18N2O2S. The highest BCUT2D eigenvalue weighted by Crippen LogP contribution is 2.38. The molecule has 1 atom stereocenters.